The zero-order chi connectivity index (χ0) is 13.1. The molecule has 0 aliphatic carbocycles. The number of nitrogen functional groups attached to an aromatic ring is 1. The van der Waals surface area contributed by atoms with Gasteiger partial charge in [0.1, 0.15) is 5.82 Å². The van der Waals surface area contributed by atoms with Gasteiger partial charge in [-0.15, -0.1) is 0 Å². The molecule has 5 heteroatoms. The largest absolute Gasteiger partial charge is 0.382 e. The van der Waals surface area contributed by atoms with Gasteiger partial charge in [-0.3, -0.25) is 4.79 Å². The Hall–Kier alpha value is -2.07. The Labute approximate surface area is 110 Å². The fraction of sp³-hybridized carbons (Fsp3) is 0.0769. The Morgan fingerprint density at radius 3 is 2.78 bits per heavy atom. The number of aromatic nitrogens is 1. The third-order valence-electron chi connectivity index (χ3n) is 2.53. The highest BCUT2D eigenvalue weighted by molar-refractivity contribution is 6.33. The molecule has 0 aliphatic heterocycles. The van der Waals surface area contributed by atoms with E-state index in [0.29, 0.717) is 5.56 Å². The number of pyridine rings is 1. The van der Waals surface area contributed by atoms with E-state index in [-0.39, 0.29) is 16.7 Å². The summed E-state index contributed by atoms with van der Waals surface area (Å²) < 4.78 is 0. The quantitative estimate of drug-likeness (QED) is 0.873. The number of hydrogen-bond acceptors (Lipinski definition) is 3. The third kappa shape index (κ3) is 2.60. The number of carbonyl (C=O) groups excluding carboxylic acids is 1. The lowest BCUT2D eigenvalue weighted by molar-refractivity contribution is 0.102. The van der Waals surface area contributed by atoms with Gasteiger partial charge in [-0.2, -0.15) is 0 Å². The minimum atomic E-state index is -0.265. The number of nitrogens with one attached hydrogen (secondary N) is 1. The second-order valence-corrected chi connectivity index (χ2v) is 4.27. The molecule has 0 atom stereocenters. The summed E-state index contributed by atoms with van der Waals surface area (Å²) in [5, 5.41) is 3.07. The molecule has 2 rings (SSSR count). The van der Waals surface area contributed by atoms with Crippen molar-refractivity contribution in [1.82, 2.24) is 4.98 Å². The number of aryl methyl sites for hydroxylation is 1. The van der Waals surface area contributed by atoms with Crippen LogP contribution in [-0.2, 0) is 0 Å². The average Bonchev–Trinajstić information content (AvgIpc) is 2.35. The number of nitrogens with zero attached hydrogens (tertiary/aromatic N) is 1. The Balaban J connectivity index is 2.22. The van der Waals surface area contributed by atoms with Crippen LogP contribution < -0.4 is 11.1 Å². The minimum absolute atomic E-state index is 0.212. The molecule has 0 saturated heterocycles. The number of halogens is 1. The van der Waals surface area contributed by atoms with Crippen LogP contribution in [-0.4, -0.2) is 10.9 Å². The van der Waals surface area contributed by atoms with Gasteiger partial charge in [0.2, 0.25) is 0 Å². The molecule has 92 valence electrons. The molecular weight excluding hydrogens is 250 g/mol. The lowest BCUT2D eigenvalue weighted by Gasteiger charge is -2.08. The Morgan fingerprint density at radius 2 is 2.11 bits per heavy atom. The smallest absolute Gasteiger partial charge is 0.257 e. The number of anilines is 2. The van der Waals surface area contributed by atoms with Crippen molar-refractivity contribution < 1.29 is 4.79 Å². The van der Waals surface area contributed by atoms with E-state index in [4.69, 9.17) is 17.3 Å². The van der Waals surface area contributed by atoms with E-state index in [1.165, 1.54) is 12.3 Å². The average molecular weight is 262 g/mol. The second-order valence-electron chi connectivity index (χ2n) is 3.86. The molecule has 0 radical (unpaired) electrons. The molecule has 1 amide bonds. The first-order valence-corrected chi connectivity index (χ1v) is 5.73. The summed E-state index contributed by atoms with van der Waals surface area (Å²) in [5.74, 6) is -0.0530. The first kappa shape index (κ1) is 12.4. The van der Waals surface area contributed by atoms with Crippen LogP contribution in [0, 0.1) is 6.92 Å². The summed E-state index contributed by atoms with van der Waals surface area (Å²) in [5.41, 5.74) is 7.61. The van der Waals surface area contributed by atoms with Crippen LogP contribution in [0.5, 0.6) is 0 Å². The maximum atomic E-state index is 12.0. The lowest BCUT2D eigenvalue weighted by atomic mass is 10.2. The highest BCUT2D eigenvalue weighted by Gasteiger charge is 2.09. The Kier molecular flexibility index (Phi) is 3.48. The van der Waals surface area contributed by atoms with Gasteiger partial charge < -0.3 is 11.1 Å². The van der Waals surface area contributed by atoms with Crippen LogP contribution in [0.15, 0.2) is 36.5 Å². The van der Waals surface area contributed by atoms with E-state index in [1.54, 1.807) is 0 Å². The van der Waals surface area contributed by atoms with E-state index in [0.717, 1.165) is 11.3 Å². The van der Waals surface area contributed by atoms with Crippen molar-refractivity contribution in [3.63, 3.8) is 0 Å². The van der Waals surface area contributed by atoms with Gasteiger partial charge in [-0.1, -0.05) is 29.8 Å². The topological polar surface area (TPSA) is 68.0 Å². The van der Waals surface area contributed by atoms with E-state index in [9.17, 15) is 4.79 Å². The van der Waals surface area contributed by atoms with Gasteiger partial charge in [0, 0.05) is 11.9 Å². The first-order chi connectivity index (χ1) is 8.58. The van der Waals surface area contributed by atoms with Crippen molar-refractivity contribution in [2.45, 2.75) is 6.92 Å². The molecule has 0 spiro atoms. The summed E-state index contributed by atoms with van der Waals surface area (Å²) in [4.78, 5) is 15.8. The first-order valence-electron chi connectivity index (χ1n) is 5.36. The van der Waals surface area contributed by atoms with E-state index in [1.807, 2.05) is 31.2 Å². The SMILES string of the molecule is Cc1ccccc1NC(=O)c1cnc(N)c(Cl)c1. The zero-order valence-electron chi connectivity index (χ0n) is 9.77. The maximum absolute atomic E-state index is 12.0. The monoisotopic (exact) mass is 261 g/mol. The molecule has 0 unspecified atom stereocenters. The Morgan fingerprint density at radius 1 is 1.39 bits per heavy atom. The van der Waals surface area contributed by atoms with Gasteiger partial charge in [0.15, 0.2) is 0 Å². The predicted octanol–water partition coefficient (Wildman–Crippen LogP) is 2.88. The van der Waals surface area contributed by atoms with E-state index >= 15 is 0 Å². The number of amides is 1. The molecule has 0 bridgehead atoms. The van der Waals surface area contributed by atoms with E-state index in [2.05, 4.69) is 10.3 Å². The molecular formula is C13H12ClN3O. The highest BCUT2D eigenvalue weighted by atomic mass is 35.5. The van der Waals surface area contributed by atoms with Crippen LogP contribution in [0.2, 0.25) is 5.02 Å². The maximum Gasteiger partial charge on any atom is 0.257 e. The summed E-state index contributed by atoms with van der Waals surface area (Å²) in [6.07, 6.45) is 1.40. The summed E-state index contributed by atoms with van der Waals surface area (Å²) in [6.45, 7) is 1.92. The molecule has 1 heterocycles. The van der Waals surface area contributed by atoms with Crippen molar-refractivity contribution in [3.05, 3.63) is 52.7 Å². The zero-order valence-corrected chi connectivity index (χ0v) is 10.5. The summed E-state index contributed by atoms with van der Waals surface area (Å²) in [6, 6.07) is 9.02. The lowest BCUT2D eigenvalue weighted by Crippen LogP contribution is -2.13. The van der Waals surface area contributed by atoms with Gasteiger partial charge >= 0.3 is 0 Å². The van der Waals surface area contributed by atoms with Crippen molar-refractivity contribution in [2.75, 3.05) is 11.1 Å². The van der Waals surface area contributed by atoms with Crippen LogP contribution in [0.1, 0.15) is 15.9 Å². The molecule has 0 aliphatic rings. The number of nitrogens with two attached hydrogens (primary N) is 1. The molecule has 2 aromatic rings. The second kappa shape index (κ2) is 5.06. The third-order valence-corrected chi connectivity index (χ3v) is 2.83. The van der Waals surface area contributed by atoms with Crippen molar-refractivity contribution in [2.24, 2.45) is 0 Å². The van der Waals surface area contributed by atoms with Crippen molar-refractivity contribution in [1.29, 1.82) is 0 Å². The van der Waals surface area contributed by atoms with Gasteiger partial charge in [0.05, 0.1) is 10.6 Å². The molecule has 18 heavy (non-hydrogen) atoms. The molecule has 1 aromatic heterocycles. The fourth-order valence-corrected chi connectivity index (χ4v) is 1.65. The van der Waals surface area contributed by atoms with Crippen LogP contribution >= 0.6 is 11.6 Å². The highest BCUT2D eigenvalue weighted by Crippen LogP contribution is 2.19. The number of carbonyl (C=O) groups is 1. The fourth-order valence-electron chi connectivity index (χ4n) is 1.48. The standard InChI is InChI=1S/C13H12ClN3O/c1-8-4-2-3-5-11(8)17-13(18)9-6-10(14)12(15)16-7-9/h2-7H,1H3,(H2,15,16)(H,17,18). The minimum Gasteiger partial charge on any atom is -0.382 e. The molecule has 1 aromatic carbocycles. The van der Waals surface area contributed by atoms with Crippen LogP contribution in [0.4, 0.5) is 11.5 Å². The Bertz CT molecular complexity index is 599. The number of rotatable bonds is 2. The molecule has 3 N–H and O–H groups in total. The molecule has 4 nitrogen and oxygen atoms in total. The van der Waals surface area contributed by atoms with Crippen molar-refractivity contribution in [3.8, 4) is 0 Å². The van der Waals surface area contributed by atoms with Crippen LogP contribution in [0.25, 0.3) is 0 Å². The molecule has 0 saturated carbocycles. The normalized spacial score (nSPS) is 10.1. The van der Waals surface area contributed by atoms with Gasteiger partial charge in [-0.25, -0.2) is 4.98 Å². The number of hydrogen-bond donors (Lipinski definition) is 2. The van der Waals surface area contributed by atoms with Crippen LogP contribution in [0.3, 0.4) is 0 Å². The van der Waals surface area contributed by atoms with Gasteiger partial charge in [-0.05, 0) is 24.6 Å². The number of benzene rings is 1. The van der Waals surface area contributed by atoms with Crippen molar-refractivity contribution >= 4 is 29.0 Å². The van der Waals surface area contributed by atoms with E-state index < -0.39 is 0 Å². The van der Waals surface area contributed by atoms with Gasteiger partial charge in [0.25, 0.3) is 5.91 Å². The summed E-state index contributed by atoms with van der Waals surface area (Å²) in [7, 11) is 0. The molecule has 0 fully saturated rings. The number of para-hydroxylation sites is 1. The predicted molar refractivity (Wildman–Crippen MR) is 72.8 cm³/mol. The summed E-state index contributed by atoms with van der Waals surface area (Å²) >= 11 is 5.82.